The van der Waals surface area contributed by atoms with E-state index in [4.69, 9.17) is 16.3 Å². The van der Waals surface area contributed by atoms with E-state index < -0.39 is 15.9 Å². The van der Waals surface area contributed by atoms with Crippen molar-refractivity contribution in [2.45, 2.75) is 31.6 Å². The van der Waals surface area contributed by atoms with Crippen molar-refractivity contribution >= 4 is 49.1 Å². The number of halogens is 2. The Labute approximate surface area is 185 Å². The molecule has 29 heavy (non-hydrogen) atoms. The van der Waals surface area contributed by atoms with Gasteiger partial charge in [0, 0.05) is 22.2 Å². The van der Waals surface area contributed by atoms with Gasteiger partial charge in [-0.25, -0.2) is 8.42 Å². The van der Waals surface area contributed by atoms with E-state index in [0.29, 0.717) is 0 Å². The first-order valence-corrected chi connectivity index (χ1v) is 11.7. The Hall–Kier alpha value is -1.61. The van der Waals surface area contributed by atoms with Crippen molar-refractivity contribution in [1.82, 2.24) is 4.31 Å². The Morgan fingerprint density at radius 1 is 1.17 bits per heavy atom. The SMILES string of the molecule is CCc1cc(Br)cc(CC)c1NC(=O)CN(C)S(=O)(=O)c1cc(Cl)ccc1OC. The molecule has 0 bridgehead atoms. The highest BCUT2D eigenvalue weighted by Gasteiger charge is 2.27. The normalized spacial score (nSPS) is 11.6. The fourth-order valence-corrected chi connectivity index (χ4v) is 5.02. The van der Waals surface area contributed by atoms with E-state index in [-0.39, 0.29) is 22.2 Å². The van der Waals surface area contributed by atoms with Crippen LogP contribution in [0.4, 0.5) is 5.69 Å². The van der Waals surface area contributed by atoms with Gasteiger partial charge in [0.2, 0.25) is 15.9 Å². The van der Waals surface area contributed by atoms with Crippen LogP contribution < -0.4 is 10.1 Å². The van der Waals surface area contributed by atoms with Gasteiger partial charge in [-0.1, -0.05) is 41.4 Å². The van der Waals surface area contributed by atoms with Crippen molar-refractivity contribution < 1.29 is 17.9 Å². The minimum atomic E-state index is -3.97. The number of benzene rings is 2. The van der Waals surface area contributed by atoms with E-state index in [9.17, 15) is 13.2 Å². The number of rotatable bonds is 8. The number of ether oxygens (including phenoxy) is 1. The third kappa shape index (κ3) is 5.51. The molecule has 0 atom stereocenters. The van der Waals surface area contributed by atoms with Crippen LogP contribution in [0.2, 0.25) is 5.02 Å². The highest BCUT2D eigenvalue weighted by atomic mass is 79.9. The summed E-state index contributed by atoms with van der Waals surface area (Å²) in [6, 6.07) is 8.23. The van der Waals surface area contributed by atoms with E-state index in [1.807, 2.05) is 26.0 Å². The summed E-state index contributed by atoms with van der Waals surface area (Å²) in [5.41, 5.74) is 2.69. The van der Waals surface area contributed by atoms with Gasteiger partial charge >= 0.3 is 0 Å². The molecule has 9 heteroatoms. The third-order valence-electron chi connectivity index (χ3n) is 4.47. The average molecular weight is 504 g/mol. The minimum Gasteiger partial charge on any atom is -0.495 e. The molecular formula is C20H24BrClN2O4S. The number of anilines is 1. The van der Waals surface area contributed by atoms with Crippen LogP contribution in [0.3, 0.4) is 0 Å². The van der Waals surface area contributed by atoms with Crippen LogP contribution in [0.15, 0.2) is 39.7 Å². The highest BCUT2D eigenvalue weighted by Crippen LogP contribution is 2.30. The summed E-state index contributed by atoms with van der Waals surface area (Å²) < 4.78 is 32.9. The number of likely N-dealkylation sites (N-methyl/N-ethyl adjacent to an activating group) is 1. The molecule has 6 nitrogen and oxygen atoms in total. The first-order valence-electron chi connectivity index (χ1n) is 9.05. The third-order valence-corrected chi connectivity index (χ3v) is 6.99. The van der Waals surface area contributed by atoms with Crippen LogP contribution in [0.1, 0.15) is 25.0 Å². The fraction of sp³-hybridized carbons (Fsp3) is 0.350. The number of nitrogens with one attached hydrogen (secondary N) is 1. The zero-order valence-electron chi connectivity index (χ0n) is 16.8. The van der Waals surface area contributed by atoms with Crippen molar-refractivity contribution in [1.29, 1.82) is 0 Å². The summed E-state index contributed by atoms with van der Waals surface area (Å²) in [5.74, 6) is -0.264. The first-order chi connectivity index (χ1) is 13.6. The van der Waals surface area contributed by atoms with E-state index in [1.165, 1.54) is 32.4 Å². The number of hydrogen-bond donors (Lipinski definition) is 1. The number of hydrogen-bond acceptors (Lipinski definition) is 4. The second kappa shape index (κ2) is 9.93. The van der Waals surface area contributed by atoms with Gasteiger partial charge in [-0.3, -0.25) is 4.79 Å². The number of amides is 1. The van der Waals surface area contributed by atoms with Crippen LogP contribution in [-0.2, 0) is 27.7 Å². The van der Waals surface area contributed by atoms with Gasteiger partial charge in [0.25, 0.3) is 0 Å². The van der Waals surface area contributed by atoms with Gasteiger partial charge in [0.15, 0.2) is 0 Å². The number of carbonyl (C=O) groups is 1. The van der Waals surface area contributed by atoms with Crippen molar-refractivity contribution in [3.8, 4) is 5.75 Å². The topological polar surface area (TPSA) is 75.7 Å². The predicted molar refractivity (Wildman–Crippen MR) is 119 cm³/mol. The lowest BCUT2D eigenvalue weighted by Crippen LogP contribution is -2.35. The van der Waals surface area contributed by atoms with Gasteiger partial charge < -0.3 is 10.1 Å². The van der Waals surface area contributed by atoms with Crippen molar-refractivity contribution in [2.75, 3.05) is 26.0 Å². The molecule has 0 spiro atoms. The van der Waals surface area contributed by atoms with Gasteiger partial charge in [0.05, 0.1) is 13.7 Å². The summed E-state index contributed by atoms with van der Waals surface area (Å²) in [6.45, 7) is 3.65. The molecule has 1 N–H and O–H groups in total. The maximum atomic E-state index is 12.9. The number of methoxy groups -OCH3 is 1. The summed E-state index contributed by atoms with van der Waals surface area (Å²) in [6.07, 6.45) is 1.46. The minimum absolute atomic E-state index is 0.0880. The largest absolute Gasteiger partial charge is 0.495 e. The lowest BCUT2D eigenvalue weighted by atomic mass is 10.0. The van der Waals surface area contributed by atoms with Crippen molar-refractivity contribution in [3.63, 3.8) is 0 Å². The van der Waals surface area contributed by atoms with Crippen LogP contribution in [0.5, 0.6) is 5.75 Å². The summed E-state index contributed by atoms with van der Waals surface area (Å²) in [7, 11) is -1.25. The lowest BCUT2D eigenvalue weighted by molar-refractivity contribution is -0.116. The number of carbonyl (C=O) groups excluding carboxylic acids is 1. The maximum absolute atomic E-state index is 12.9. The molecule has 0 saturated heterocycles. The highest BCUT2D eigenvalue weighted by molar-refractivity contribution is 9.10. The molecule has 0 saturated carbocycles. The zero-order chi connectivity index (χ0) is 21.8. The molecule has 0 unspecified atom stereocenters. The average Bonchev–Trinajstić information content (AvgIpc) is 2.68. The summed E-state index contributed by atoms with van der Waals surface area (Å²) in [4.78, 5) is 12.6. The molecule has 0 aliphatic carbocycles. The molecule has 2 rings (SSSR count). The standard InChI is InChI=1S/C20H24BrClN2O4S/c1-5-13-9-15(21)10-14(6-2)20(13)23-19(25)12-24(3)29(26,27)18-11-16(22)7-8-17(18)28-4/h7-11H,5-6,12H2,1-4H3,(H,23,25). The van der Waals surface area contributed by atoms with Crippen LogP contribution >= 0.6 is 27.5 Å². The van der Waals surface area contributed by atoms with Crippen LogP contribution in [0, 0.1) is 0 Å². The predicted octanol–water partition coefficient (Wildman–Crippen LogP) is 4.50. The van der Waals surface area contributed by atoms with E-state index in [2.05, 4.69) is 21.2 Å². The van der Waals surface area contributed by atoms with Gasteiger partial charge in [-0.2, -0.15) is 4.31 Å². The monoisotopic (exact) mass is 502 g/mol. The molecule has 0 aromatic heterocycles. The molecule has 0 radical (unpaired) electrons. The van der Waals surface area contributed by atoms with Crippen LogP contribution in [-0.4, -0.2) is 39.3 Å². The molecule has 158 valence electrons. The lowest BCUT2D eigenvalue weighted by Gasteiger charge is -2.20. The Morgan fingerprint density at radius 2 is 1.76 bits per heavy atom. The van der Waals surface area contributed by atoms with Crippen molar-refractivity contribution in [2.24, 2.45) is 0 Å². The number of nitrogens with zero attached hydrogens (tertiary/aromatic N) is 1. The van der Waals surface area contributed by atoms with Crippen molar-refractivity contribution in [3.05, 3.63) is 51.0 Å². The van der Waals surface area contributed by atoms with Gasteiger partial charge in [0.1, 0.15) is 10.6 Å². The van der Waals surface area contributed by atoms with E-state index in [0.717, 1.165) is 38.4 Å². The Bertz CT molecular complexity index is 987. The molecule has 2 aromatic carbocycles. The Kier molecular flexibility index (Phi) is 8.10. The smallest absolute Gasteiger partial charge is 0.247 e. The first kappa shape index (κ1) is 23.7. The summed E-state index contributed by atoms with van der Waals surface area (Å²) >= 11 is 9.44. The summed E-state index contributed by atoms with van der Waals surface area (Å²) in [5, 5.41) is 3.14. The van der Waals surface area contributed by atoms with E-state index >= 15 is 0 Å². The molecule has 0 heterocycles. The second-order valence-electron chi connectivity index (χ2n) is 6.41. The second-order valence-corrected chi connectivity index (χ2v) is 9.78. The quantitative estimate of drug-likeness (QED) is 0.576. The Balaban J connectivity index is 2.27. The number of sulfonamides is 1. The Morgan fingerprint density at radius 3 is 2.28 bits per heavy atom. The molecule has 1 amide bonds. The molecule has 0 aliphatic rings. The van der Waals surface area contributed by atoms with Gasteiger partial charge in [-0.15, -0.1) is 0 Å². The zero-order valence-corrected chi connectivity index (χ0v) is 19.9. The number of aryl methyl sites for hydroxylation is 2. The molecule has 2 aromatic rings. The fourth-order valence-electron chi connectivity index (χ4n) is 2.93. The van der Waals surface area contributed by atoms with Gasteiger partial charge in [-0.05, 0) is 54.3 Å². The van der Waals surface area contributed by atoms with Crippen LogP contribution in [0.25, 0.3) is 0 Å². The molecule has 0 aliphatic heterocycles. The molecular weight excluding hydrogens is 480 g/mol. The van der Waals surface area contributed by atoms with E-state index in [1.54, 1.807) is 0 Å². The maximum Gasteiger partial charge on any atom is 0.247 e. The molecule has 0 fully saturated rings.